The number of hydrogen-bond acceptors (Lipinski definition) is 4. The summed E-state index contributed by atoms with van der Waals surface area (Å²) in [5.41, 5.74) is -1.10. The Balaban J connectivity index is 2.37. The first kappa shape index (κ1) is 10.5. The smallest absolute Gasteiger partial charge is 0.316 e. The topological polar surface area (TPSA) is 76.5 Å². The first-order valence-corrected chi connectivity index (χ1v) is 4.75. The average Bonchev–Trinajstić information content (AvgIpc) is 2.88. The van der Waals surface area contributed by atoms with Crippen LogP contribution < -0.4 is 0 Å². The fourth-order valence-corrected chi connectivity index (χ4v) is 1.18. The van der Waals surface area contributed by atoms with E-state index in [1.807, 2.05) is 0 Å². The number of oxazole rings is 1. The third-order valence-corrected chi connectivity index (χ3v) is 2.39. The molecule has 0 aliphatic rings. The first-order valence-electron chi connectivity index (χ1n) is 4.75. The summed E-state index contributed by atoms with van der Waals surface area (Å²) in [7, 11) is 0. The second-order valence-electron chi connectivity index (χ2n) is 3.94. The van der Waals surface area contributed by atoms with E-state index in [0.717, 1.165) is 0 Å². The van der Waals surface area contributed by atoms with E-state index in [-0.39, 0.29) is 5.89 Å². The summed E-state index contributed by atoms with van der Waals surface area (Å²) in [5.74, 6) is 0.0998. The van der Waals surface area contributed by atoms with Crippen LogP contribution >= 0.6 is 0 Å². The molecule has 1 N–H and O–H groups in total. The summed E-state index contributed by atoms with van der Waals surface area (Å²) >= 11 is 0. The molecule has 0 fully saturated rings. The molecule has 0 aromatic carbocycles. The van der Waals surface area contributed by atoms with E-state index in [4.69, 9.17) is 13.9 Å². The highest BCUT2D eigenvalue weighted by molar-refractivity contribution is 5.79. The van der Waals surface area contributed by atoms with Crippen LogP contribution in [0.2, 0.25) is 0 Å². The van der Waals surface area contributed by atoms with Gasteiger partial charge >= 0.3 is 5.97 Å². The van der Waals surface area contributed by atoms with Gasteiger partial charge in [-0.15, -0.1) is 0 Å². The van der Waals surface area contributed by atoms with Crippen LogP contribution in [0, 0.1) is 0 Å². The van der Waals surface area contributed by atoms with Gasteiger partial charge in [0.2, 0.25) is 0 Å². The van der Waals surface area contributed by atoms with Crippen molar-refractivity contribution >= 4 is 5.97 Å². The second kappa shape index (κ2) is 3.52. The molecule has 0 radical (unpaired) electrons. The maximum atomic E-state index is 11.0. The number of aromatic nitrogens is 1. The zero-order valence-corrected chi connectivity index (χ0v) is 8.93. The van der Waals surface area contributed by atoms with Crippen LogP contribution in [-0.4, -0.2) is 16.1 Å². The monoisotopic (exact) mass is 221 g/mol. The Morgan fingerprint density at radius 3 is 2.81 bits per heavy atom. The number of rotatable bonds is 3. The maximum Gasteiger partial charge on any atom is 0.316 e. The predicted molar refractivity (Wildman–Crippen MR) is 54.9 cm³/mol. The summed E-state index contributed by atoms with van der Waals surface area (Å²) in [5, 5.41) is 9.02. The molecule has 16 heavy (non-hydrogen) atoms. The van der Waals surface area contributed by atoms with Crippen LogP contribution in [0.5, 0.6) is 0 Å². The van der Waals surface area contributed by atoms with Gasteiger partial charge in [-0.05, 0) is 26.0 Å². The Morgan fingerprint density at radius 2 is 2.25 bits per heavy atom. The standard InChI is InChI=1S/C11H11NO4/c1-11(2,10(13)14)8-6-12-9(16-8)7-4-3-5-15-7/h3-6H,1-2H3,(H,13,14). The van der Waals surface area contributed by atoms with E-state index in [9.17, 15) is 4.79 Å². The number of nitrogens with zero attached hydrogens (tertiary/aromatic N) is 1. The molecule has 0 aliphatic heterocycles. The van der Waals surface area contributed by atoms with Crippen LogP contribution in [0.4, 0.5) is 0 Å². The van der Waals surface area contributed by atoms with Gasteiger partial charge in [0.1, 0.15) is 11.2 Å². The first-order chi connectivity index (χ1) is 7.51. The normalized spacial score (nSPS) is 11.6. The van der Waals surface area contributed by atoms with Crippen LogP contribution in [0.15, 0.2) is 33.4 Å². The van der Waals surface area contributed by atoms with Gasteiger partial charge in [-0.25, -0.2) is 4.98 Å². The number of carboxylic acids is 1. The lowest BCUT2D eigenvalue weighted by atomic mass is 9.91. The number of aliphatic carboxylic acids is 1. The molecule has 2 aromatic heterocycles. The van der Waals surface area contributed by atoms with Crippen LogP contribution in [0.3, 0.4) is 0 Å². The van der Waals surface area contributed by atoms with Gasteiger partial charge in [0.25, 0.3) is 5.89 Å². The summed E-state index contributed by atoms with van der Waals surface area (Å²) in [6.45, 7) is 3.11. The van der Waals surface area contributed by atoms with Crippen molar-refractivity contribution in [3.63, 3.8) is 0 Å². The summed E-state index contributed by atoms with van der Waals surface area (Å²) < 4.78 is 10.5. The Hall–Kier alpha value is -2.04. The average molecular weight is 221 g/mol. The second-order valence-corrected chi connectivity index (χ2v) is 3.94. The van der Waals surface area contributed by atoms with Gasteiger partial charge in [-0.3, -0.25) is 4.79 Å². The molecule has 0 bridgehead atoms. The quantitative estimate of drug-likeness (QED) is 0.860. The highest BCUT2D eigenvalue weighted by atomic mass is 16.4. The minimum absolute atomic E-state index is 0.286. The van der Waals surface area contributed by atoms with Crippen molar-refractivity contribution in [2.24, 2.45) is 0 Å². The van der Waals surface area contributed by atoms with E-state index < -0.39 is 11.4 Å². The molecular weight excluding hydrogens is 210 g/mol. The summed E-state index contributed by atoms with van der Waals surface area (Å²) in [6.07, 6.45) is 2.91. The van der Waals surface area contributed by atoms with E-state index >= 15 is 0 Å². The van der Waals surface area contributed by atoms with E-state index in [2.05, 4.69) is 4.98 Å². The van der Waals surface area contributed by atoms with Gasteiger partial charge in [0.05, 0.1) is 12.5 Å². The van der Waals surface area contributed by atoms with Crippen LogP contribution in [-0.2, 0) is 10.2 Å². The molecule has 5 heteroatoms. The lowest BCUT2D eigenvalue weighted by Crippen LogP contribution is -2.27. The molecule has 0 aliphatic carbocycles. The third kappa shape index (κ3) is 1.60. The Bertz CT molecular complexity index is 496. The minimum atomic E-state index is -1.10. The molecular formula is C11H11NO4. The van der Waals surface area contributed by atoms with Gasteiger partial charge in [-0.1, -0.05) is 0 Å². The van der Waals surface area contributed by atoms with Crippen LogP contribution in [0.25, 0.3) is 11.7 Å². The Kier molecular flexibility index (Phi) is 2.30. The Morgan fingerprint density at radius 1 is 1.50 bits per heavy atom. The molecule has 0 spiro atoms. The number of carboxylic acid groups (broad SMARTS) is 1. The highest BCUT2D eigenvalue weighted by Gasteiger charge is 2.33. The van der Waals surface area contributed by atoms with Crippen molar-refractivity contribution in [3.8, 4) is 11.7 Å². The maximum absolute atomic E-state index is 11.0. The van der Waals surface area contributed by atoms with Gasteiger partial charge in [0.15, 0.2) is 5.76 Å². The number of furan rings is 1. The van der Waals surface area contributed by atoms with Gasteiger partial charge in [-0.2, -0.15) is 0 Å². The molecule has 5 nitrogen and oxygen atoms in total. The third-order valence-electron chi connectivity index (χ3n) is 2.39. The van der Waals surface area contributed by atoms with Crippen molar-refractivity contribution < 1.29 is 18.7 Å². The van der Waals surface area contributed by atoms with Crippen molar-refractivity contribution in [1.82, 2.24) is 4.98 Å². The molecule has 0 atom stereocenters. The van der Waals surface area contributed by atoms with Crippen molar-refractivity contribution in [3.05, 3.63) is 30.4 Å². The van der Waals surface area contributed by atoms with Crippen molar-refractivity contribution in [2.75, 3.05) is 0 Å². The van der Waals surface area contributed by atoms with Gasteiger partial charge in [0, 0.05) is 0 Å². The molecule has 0 saturated carbocycles. The minimum Gasteiger partial charge on any atom is -0.481 e. The lowest BCUT2D eigenvalue weighted by Gasteiger charge is -2.14. The SMILES string of the molecule is CC(C)(C(=O)O)c1cnc(-c2ccco2)o1. The van der Waals surface area contributed by atoms with Crippen molar-refractivity contribution in [1.29, 1.82) is 0 Å². The number of hydrogen-bond donors (Lipinski definition) is 1. The zero-order chi connectivity index (χ0) is 11.8. The van der Waals surface area contributed by atoms with Crippen LogP contribution in [0.1, 0.15) is 19.6 Å². The summed E-state index contributed by atoms with van der Waals surface area (Å²) in [4.78, 5) is 15.0. The van der Waals surface area contributed by atoms with Crippen molar-refractivity contribution in [2.45, 2.75) is 19.3 Å². The van der Waals surface area contributed by atoms with E-state index in [1.54, 1.807) is 26.0 Å². The van der Waals surface area contributed by atoms with E-state index in [0.29, 0.717) is 11.5 Å². The fourth-order valence-electron chi connectivity index (χ4n) is 1.18. The number of carbonyl (C=O) groups is 1. The molecule has 2 aromatic rings. The predicted octanol–water partition coefficient (Wildman–Crippen LogP) is 2.30. The van der Waals surface area contributed by atoms with Gasteiger partial charge < -0.3 is 13.9 Å². The molecule has 0 unspecified atom stereocenters. The Labute approximate surface area is 91.7 Å². The molecule has 0 amide bonds. The summed E-state index contributed by atoms with van der Waals surface area (Å²) in [6, 6.07) is 3.41. The zero-order valence-electron chi connectivity index (χ0n) is 8.93. The molecule has 2 rings (SSSR count). The van der Waals surface area contributed by atoms with E-state index in [1.165, 1.54) is 12.5 Å². The largest absolute Gasteiger partial charge is 0.481 e. The fraction of sp³-hybridized carbons (Fsp3) is 0.273. The highest BCUT2D eigenvalue weighted by Crippen LogP contribution is 2.28. The molecule has 84 valence electrons. The lowest BCUT2D eigenvalue weighted by molar-refractivity contribution is -0.143. The molecule has 0 saturated heterocycles. The molecule has 2 heterocycles.